The minimum Gasteiger partial charge on any atom is -0.496 e. The summed E-state index contributed by atoms with van der Waals surface area (Å²) in [5.74, 6) is -1.77. The first-order valence-corrected chi connectivity index (χ1v) is 4.33. The number of rotatable bonds is 2. The summed E-state index contributed by atoms with van der Waals surface area (Å²) in [5.41, 5.74) is -1.28. The van der Waals surface area contributed by atoms with E-state index in [1.807, 2.05) is 0 Å². The summed E-state index contributed by atoms with van der Waals surface area (Å²) in [5, 5.41) is 9.73. The third-order valence-electron chi connectivity index (χ3n) is 2.47. The van der Waals surface area contributed by atoms with Crippen molar-refractivity contribution < 1.29 is 18.6 Å². The molecule has 1 aromatic rings. The van der Waals surface area contributed by atoms with Crippen LogP contribution in [0.15, 0.2) is 12.1 Å². The second-order valence-electron chi connectivity index (χ2n) is 3.47. The number of aliphatic hydroxyl groups is 1. The molecule has 0 radical (unpaired) electrons. The number of ether oxygens (including phenoxy) is 1. The van der Waals surface area contributed by atoms with Crippen molar-refractivity contribution in [3.8, 4) is 5.75 Å². The third-order valence-corrected chi connectivity index (χ3v) is 2.47. The van der Waals surface area contributed by atoms with E-state index in [0.717, 1.165) is 6.07 Å². The number of benzene rings is 1. The standard InChI is InChI=1S/C10H10F2O2/c1-14-7-3-2-6(11)9(12)8(7)10(13)4-5-10/h2-3,13H,4-5H2,1H3. The van der Waals surface area contributed by atoms with Crippen LogP contribution in [0.3, 0.4) is 0 Å². The number of halogens is 2. The van der Waals surface area contributed by atoms with Gasteiger partial charge in [-0.2, -0.15) is 0 Å². The summed E-state index contributed by atoms with van der Waals surface area (Å²) in [4.78, 5) is 0. The first-order valence-electron chi connectivity index (χ1n) is 4.33. The van der Waals surface area contributed by atoms with E-state index in [9.17, 15) is 13.9 Å². The van der Waals surface area contributed by atoms with Gasteiger partial charge < -0.3 is 9.84 Å². The van der Waals surface area contributed by atoms with Crippen LogP contribution in [0.4, 0.5) is 8.78 Å². The van der Waals surface area contributed by atoms with Gasteiger partial charge in [-0.1, -0.05) is 0 Å². The second-order valence-corrected chi connectivity index (χ2v) is 3.47. The van der Waals surface area contributed by atoms with Crippen molar-refractivity contribution in [3.05, 3.63) is 29.3 Å². The minimum atomic E-state index is -1.22. The Hall–Kier alpha value is -1.16. The molecular weight excluding hydrogens is 190 g/mol. The van der Waals surface area contributed by atoms with Gasteiger partial charge in [0.2, 0.25) is 0 Å². The molecule has 2 nitrogen and oxygen atoms in total. The molecule has 4 heteroatoms. The van der Waals surface area contributed by atoms with Crippen molar-refractivity contribution in [2.24, 2.45) is 0 Å². The molecule has 0 heterocycles. The molecule has 2 rings (SSSR count). The average Bonchev–Trinajstić information content (AvgIpc) is 2.89. The van der Waals surface area contributed by atoms with E-state index >= 15 is 0 Å². The predicted molar refractivity (Wildman–Crippen MR) is 46.0 cm³/mol. The van der Waals surface area contributed by atoms with Crippen molar-refractivity contribution in [2.75, 3.05) is 7.11 Å². The van der Waals surface area contributed by atoms with Crippen LogP contribution in [0, 0.1) is 11.6 Å². The van der Waals surface area contributed by atoms with Crippen LogP contribution in [-0.2, 0) is 5.60 Å². The molecule has 0 saturated heterocycles. The van der Waals surface area contributed by atoms with Gasteiger partial charge >= 0.3 is 0 Å². The van der Waals surface area contributed by atoms with Crippen LogP contribution in [0.1, 0.15) is 18.4 Å². The molecule has 1 aliphatic rings. The fourth-order valence-corrected chi connectivity index (χ4v) is 1.51. The van der Waals surface area contributed by atoms with Gasteiger partial charge in [0.05, 0.1) is 18.3 Å². The van der Waals surface area contributed by atoms with E-state index in [4.69, 9.17) is 4.74 Å². The predicted octanol–water partition coefficient (Wildman–Crippen LogP) is 1.95. The third kappa shape index (κ3) is 1.26. The Balaban J connectivity index is 2.59. The van der Waals surface area contributed by atoms with Gasteiger partial charge in [0.1, 0.15) is 5.75 Å². The molecule has 0 aromatic heterocycles. The first-order chi connectivity index (χ1) is 6.58. The van der Waals surface area contributed by atoms with Crippen molar-refractivity contribution in [3.63, 3.8) is 0 Å². The zero-order valence-electron chi connectivity index (χ0n) is 7.68. The zero-order chi connectivity index (χ0) is 10.3. The van der Waals surface area contributed by atoms with E-state index in [0.29, 0.717) is 12.8 Å². The van der Waals surface area contributed by atoms with Gasteiger partial charge in [0, 0.05) is 0 Å². The maximum absolute atomic E-state index is 13.4. The lowest BCUT2D eigenvalue weighted by Crippen LogP contribution is -2.11. The van der Waals surface area contributed by atoms with Crippen molar-refractivity contribution in [1.29, 1.82) is 0 Å². The van der Waals surface area contributed by atoms with E-state index in [-0.39, 0.29) is 11.3 Å². The highest BCUT2D eigenvalue weighted by Crippen LogP contribution is 2.50. The summed E-state index contributed by atoms with van der Waals surface area (Å²) in [7, 11) is 1.36. The van der Waals surface area contributed by atoms with E-state index in [2.05, 4.69) is 0 Å². The molecule has 14 heavy (non-hydrogen) atoms. The van der Waals surface area contributed by atoms with Crippen LogP contribution >= 0.6 is 0 Å². The fraction of sp³-hybridized carbons (Fsp3) is 0.400. The molecular formula is C10H10F2O2. The normalized spacial score (nSPS) is 18.0. The summed E-state index contributed by atoms with van der Waals surface area (Å²) >= 11 is 0. The number of methoxy groups -OCH3 is 1. The summed E-state index contributed by atoms with van der Waals surface area (Å²) in [6.07, 6.45) is 0.896. The Labute approximate surface area is 80.1 Å². The van der Waals surface area contributed by atoms with Gasteiger partial charge in [-0.05, 0) is 25.0 Å². The van der Waals surface area contributed by atoms with Crippen LogP contribution < -0.4 is 4.74 Å². The highest BCUT2D eigenvalue weighted by atomic mass is 19.2. The molecule has 0 atom stereocenters. The van der Waals surface area contributed by atoms with Crippen molar-refractivity contribution >= 4 is 0 Å². The van der Waals surface area contributed by atoms with E-state index < -0.39 is 17.2 Å². The topological polar surface area (TPSA) is 29.5 Å². The molecule has 1 fully saturated rings. The Morgan fingerprint density at radius 1 is 1.36 bits per heavy atom. The molecule has 0 bridgehead atoms. The lowest BCUT2D eigenvalue weighted by Gasteiger charge is -2.14. The molecule has 1 saturated carbocycles. The maximum Gasteiger partial charge on any atom is 0.168 e. The highest BCUT2D eigenvalue weighted by Gasteiger charge is 2.47. The molecule has 76 valence electrons. The molecule has 1 aromatic carbocycles. The van der Waals surface area contributed by atoms with Crippen molar-refractivity contribution in [2.45, 2.75) is 18.4 Å². The van der Waals surface area contributed by atoms with Crippen LogP contribution in [0.2, 0.25) is 0 Å². The highest BCUT2D eigenvalue weighted by molar-refractivity contribution is 5.42. The Kier molecular flexibility index (Phi) is 1.96. The molecule has 1 N–H and O–H groups in total. The quantitative estimate of drug-likeness (QED) is 0.790. The maximum atomic E-state index is 13.4. The van der Waals surface area contributed by atoms with E-state index in [1.54, 1.807) is 0 Å². The Morgan fingerprint density at radius 3 is 2.50 bits per heavy atom. The minimum absolute atomic E-state index is 0.0556. The largest absolute Gasteiger partial charge is 0.496 e. The molecule has 0 amide bonds. The number of hydrogen-bond acceptors (Lipinski definition) is 2. The average molecular weight is 200 g/mol. The van der Waals surface area contributed by atoms with Crippen LogP contribution in [0.25, 0.3) is 0 Å². The Morgan fingerprint density at radius 2 is 2.00 bits per heavy atom. The smallest absolute Gasteiger partial charge is 0.168 e. The summed E-state index contributed by atoms with van der Waals surface area (Å²) in [6, 6.07) is 2.31. The molecule has 1 aliphatic carbocycles. The zero-order valence-corrected chi connectivity index (χ0v) is 7.68. The second kappa shape index (κ2) is 2.92. The molecule has 0 aliphatic heterocycles. The molecule has 0 unspecified atom stereocenters. The van der Waals surface area contributed by atoms with Crippen molar-refractivity contribution in [1.82, 2.24) is 0 Å². The first kappa shape index (κ1) is 9.40. The summed E-state index contributed by atoms with van der Waals surface area (Å²) < 4.78 is 31.2. The number of hydrogen-bond donors (Lipinski definition) is 1. The van der Waals surface area contributed by atoms with Crippen LogP contribution in [0.5, 0.6) is 5.75 Å². The van der Waals surface area contributed by atoms with Gasteiger partial charge in [-0.15, -0.1) is 0 Å². The lowest BCUT2D eigenvalue weighted by atomic mass is 10.1. The summed E-state index contributed by atoms with van der Waals surface area (Å²) in [6.45, 7) is 0. The molecule has 0 spiro atoms. The fourth-order valence-electron chi connectivity index (χ4n) is 1.51. The Bertz CT molecular complexity index is 373. The van der Waals surface area contributed by atoms with Gasteiger partial charge in [0.25, 0.3) is 0 Å². The monoisotopic (exact) mass is 200 g/mol. The SMILES string of the molecule is COc1ccc(F)c(F)c1C1(O)CC1. The van der Waals surface area contributed by atoms with Gasteiger partial charge in [0.15, 0.2) is 11.6 Å². The van der Waals surface area contributed by atoms with Gasteiger partial charge in [-0.3, -0.25) is 0 Å². The lowest BCUT2D eigenvalue weighted by molar-refractivity contribution is 0.141. The van der Waals surface area contributed by atoms with Crippen LogP contribution in [-0.4, -0.2) is 12.2 Å². The van der Waals surface area contributed by atoms with Gasteiger partial charge in [-0.25, -0.2) is 8.78 Å². The van der Waals surface area contributed by atoms with E-state index in [1.165, 1.54) is 13.2 Å².